The fourth-order valence-corrected chi connectivity index (χ4v) is 2.27. The lowest BCUT2D eigenvalue weighted by atomic mass is 10.1. The highest BCUT2D eigenvalue weighted by Gasteiger charge is 2.03. The third-order valence-electron chi connectivity index (χ3n) is 2.96. The first-order valence-electron chi connectivity index (χ1n) is 6.42. The average molecular weight is 325 g/mol. The lowest BCUT2D eigenvalue weighted by molar-refractivity contribution is -0.136. The molecule has 110 valence electrons. The van der Waals surface area contributed by atoms with Crippen molar-refractivity contribution in [3.05, 3.63) is 63.6 Å². The molecule has 0 fully saturated rings. The van der Waals surface area contributed by atoms with Crippen molar-refractivity contribution in [3.63, 3.8) is 0 Å². The largest absolute Gasteiger partial charge is 0.489 e. The number of carbonyl (C=O) groups is 1. The van der Waals surface area contributed by atoms with Crippen molar-refractivity contribution in [2.45, 2.75) is 19.4 Å². The van der Waals surface area contributed by atoms with Crippen LogP contribution in [-0.2, 0) is 17.8 Å². The van der Waals surface area contributed by atoms with Crippen molar-refractivity contribution in [2.75, 3.05) is 0 Å². The molecule has 0 bridgehead atoms. The quantitative estimate of drug-likeness (QED) is 0.845. The van der Waals surface area contributed by atoms with E-state index in [4.69, 9.17) is 33.0 Å². The summed E-state index contributed by atoms with van der Waals surface area (Å²) in [5, 5.41) is 9.80. The normalized spacial score (nSPS) is 10.4. The number of carboxylic acid groups (broad SMARTS) is 1. The van der Waals surface area contributed by atoms with Crippen molar-refractivity contribution in [1.29, 1.82) is 0 Å². The van der Waals surface area contributed by atoms with Crippen LogP contribution in [0.3, 0.4) is 0 Å². The SMILES string of the molecule is O=C(O)CCc1ccc(OCc2ccc(Cl)cc2Cl)cc1. The number of carboxylic acids is 1. The Morgan fingerprint density at radius 2 is 1.81 bits per heavy atom. The van der Waals surface area contributed by atoms with Crippen LogP contribution in [0, 0.1) is 0 Å². The predicted molar refractivity (Wildman–Crippen MR) is 83.2 cm³/mol. The first-order chi connectivity index (χ1) is 10.0. The van der Waals surface area contributed by atoms with Crippen LogP contribution in [0.2, 0.25) is 10.0 Å². The number of halogens is 2. The molecule has 0 heterocycles. The molecule has 0 aromatic heterocycles. The highest BCUT2D eigenvalue weighted by atomic mass is 35.5. The van der Waals surface area contributed by atoms with Gasteiger partial charge in [-0.15, -0.1) is 0 Å². The number of benzene rings is 2. The monoisotopic (exact) mass is 324 g/mol. The zero-order valence-electron chi connectivity index (χ0n) is 11.2. The van der Waals surface area contributed by atoms with Crippen molar-refractivity contribution in [2.24, 2.45) is 0 Å². The summed E-state index contributed by atoms with van der Waals surface area (Å²) in [5.41, 5.74) is 1.82. The van der Waals surface area contributed by atoms with E-state index in [0.717, 1.165) is 11.1 Å². The van der Waals surface area contributed by atoms with Gasteiger partial charge >= 0.3 is 5.97 Å². The first-order valence-corrected chi connectivity index (χ1v) is 7.17. The Kier molecular flexibility index (Phi) is 5.48. The molecule has 0 saturated heterocycles. The van der Waals surface area contributed by atoms with Gasteiger partial charge in [0.1, 0.15) is 12.4 Å². The summed E-state index contributed by atoms with van der Waals surface area (Å²) >= 11 is 11.9. The van der Waals surface area contributed by atoms with Gasteiger partial charge in [-0.2, -0.15) is 0 Å². The molecule has 2 aromatic rings. The van der Waals surface area contributed by atoms with Gasteiger partial charge in [-0.05, 0) is 36.2 Å². The maximum absolute atomic E-state index is 10.5. The van der Waals surface area contributed by atoms with Gasteiger partial charge in [-0.1, -0.05) is 41.4 Å². The van der Waals surface area contributed by atoms with Gasteiger partial charge in [0, 0.05) is 22.0 Å². The van der Waals surface area contributed by atoms with E-state index in [1.165, 1.54) is 0 Å². The molecule has 1 N–H and O–H groups in total. The minimum Gasteiger partial charge on any atom is -0.489 e. The summed E-state index contributed by atoms with van der Waals surface area (Å²) in [6, 6.07) is 12.6. The molecule has 0 saturated carbocycles. The van der Waals surface area contributed by atoms with Crippen molar-refractivity contribution >= 4 is 29.2 Å². The summed E-state index contributed by atoms with van der Waals surface area (Å²) in [5.74, 6) is -0.0900. The van der Waals surface area contributed by atoms with E-state index in [1.54, 1.807) is 12.1 Å². The number of hydrogen-bond donors (Lipinski definition) is 1. The van der Waals surface area contributed by atoms with E-state index in [0.29, 0.717) is 28.8 Å². The molecule has 2 rings (SSSR count). The Morgan fingerprint density at radius 3 is 2.43 bits per heavy atom. The van der Waals surface area contributed by atoms with Crippen LogP contribution in [0.4, 0.5) is 0 Å². The molecule has 0 aliphatic heterocycles. The van der Waals surface area contributed by atoms with Crippen LogP contribution in [0.1, 0.15) is 17.5 Å². The zero-order valence-corrected chi connectivity index (χ0v) is 12.7. The second kappa shape index (κ2) is 7.34. The van der Waals surface area contributed by atoms with Gasteiger partial charge in [-0.25, -0.2) is 0 Å². The molecule has 0 aliphatic rings. The standard InChI is InChI=1S/C16H14Cl2O3/c17-13-5-4-12(15(18)9-13)10-21-14-6-1-11(2-7-14)3-8-16(19)20/h1-2,4-7,9H,3,8,10H2,(H,19,20). The van der Waals surface area contributed by atoms with E-state index in [2.05, 4.69) is 0 Å². The van der Waals surface area contributed by atoms with E-state index in [-0.39, 0.29) is 6.42 Å². The van der Waals surface area contributed by atoms with Crippen LogP contribution in [-0.4, -0.2) is 11.1 Å². The first kappa shape index (κ1) is 15.7. The van der Waals surface area contributed by atoms with Crippen LogP contribution in [0.15, 0.2) is 42.5 Å². The minimum atomic E-state index is -0.798. The molecule has 0 amide bonds. The molecule has 5 heteroatoms. The van der Waals surface area contributed by atoms with Gasteiger partial charge in [0.05, 0.1) is 0 Å². The summed E-state index contributed by atoms with van der Waals surface area (Å²) in [7, 11) is 0. The van der Waals surface area contributed by atoms with Gasteiger partial charge in [0.2, 0.25) is 0 Å². The van der Waals surface area contributed by atoms with Crippen LogP contribution in [0.5, 0.6) is 5.75 Å². The van der Waals surface area contributed by atoms with Crippen molar-refractivity contribution in [1.82, 2.24) is 0 Å². The van der Waals surface area contributed by atoms with E-state index in [9.17, 15) is 4.79 Å². The van der Waals surface area contributed by atoms with Crippen molar-refractivity contribution < 1.29 is 14.6 Å². The van der Waals surface area contributed by atoms with Gasteiger partial charge < -0.3 is 9.84 Å². The number of aliphatic carboxylic acids is 1. The maximum Gasteiger partial charge on any atom is 0.303 e. The van der Waals surface area contributed by atoms with E-state index >= 15 is 0 Å². The molecule has 21 heavy (non-hydrogen) atoms. The van der Waals surface area contributed by atoms with Gasteiger partial charge in [-0.3, -0.25) is 4.79 Å². The fraction of sp³-hybridized carbons (Fsp3) is 0.188. The highest BCUT2D eigenvalue weighted by Crippen LogP contribution is 2.23. The minimum absolute atomic E-state index is 0.126. The Morgan fingerprint density at radius 1 is 1.10 bits per heavy atom. The molecule has 0 spiro atoms. The second-order valence-corrected chi connectivity index (χ2v) is 5.41. The summed E-state index contributed by atoms with van der Waals surface area (Å²) in [4.78, 5) is 10.5. The van der Waals surface area contributed by atoms with Crippen molar-refractivity contribution in [3.8, 4) is 5.75 Å². The molecule has 0 radical (unpaired) electrons. The van der Waals surface area contributed by atoms with Crippen LogP contribution in [0.25, 0.3) is 0 Å². The maximum atomic E-state index is 10.5. The predicted octanol–water partition coefficient (Wildman–Crippen LogP) is 4.59. The lowest BCUT2D eigenvalue weighted by Gasteiger charge is -2.09. The molecule has 0 aliphatic carbocycles. The average Bonchev–Trinajstić information content (AvgIpc) is 2.45. The van der Waals surface area contributed by atoms with Crippen LogP contribution >= 0.6 is 23.2 Å². The van der Waals surface area contributed by atoms with Crippen LogP contribution < -0.4 is 4.74 Å². The lowest BCUT2D eigenvalue weighted by Crippen LogP contribution is -1.98. The molecule has 2 aromatic carbocycles. The number of ether oxygens (including phenoxy) is 1. The van der Waals surface area contributed by atoms with Gasteiger partial charge in [0.15, 0.2) is 0 Å². The number of hydrogen-bond acceptors (Lipinski definition) is 2. The zero-order chi connectivity index (χ0) is 15.2. The molecule has 3 nitrogen and oxygen atoms in total. The Bertz CT molecular complexity index is 624. The van der Waals surface area contributed by atoms with Gasteiger partial charge in [0.25, 0.3) is 0 Å². The summed E-state index contributed by atoms with van der Waals surface area (Å²) in [6.45, 7) is 0.352. The Hall–Kier alpha value is -1.71. The fourth-order valence-electron chi connectivity index (χ4n) is 1.80. The van der Waals surface area contributed by atoms with E-state index in [1.807, 2.05) is 30.3 Å². The Labute approximate surface area is 133 Å². The smallest absolute Gasteiger partial charge is 0.303 e. The summed E-state index contributed by atoms with van der Waals surface area (Å²) < 4.78 is 5.65. The summed E-state index contributed by atoms with van der Waals surface area (Å²) in [6.07, 6.45) is 0.638. The molecule has 0 unspecified atom stereocenters. The topological polar surface area (TPSA) is 46.5 Å². The Balaban J connectivity index is 1.92. The number of rotatable bonds is 6. The molecular formula is C16H14Cl2O3. The second-order valence-electron chi connectivity index (χ2n) is 4.56. The third-order valence-corrected chi connectivity index (χ3v) is 3.55. The van der Waals surface area contributed by atoms with E-state index < -0.39 is 5.97 Å². The molecule has 0 atom stereocenters. The number of aryl methyl sites for hydroxylation is 1. The highest BCUT2D eigenvalue weighted by molar-refractivity contribution is 6.35. The molecular weight excluding hydrogens is 311 g/mol. The third kappa shape index (κ3) is 4.96.